The van der Waals surface area contributed by atoms with E-state index in [9.17, 15) is 9.90 Å². The number of carboxylic acids is 1. The third kappa shape index (κ3) is 6.82. The number of aromatic nitrogens is 2. The van der Waals surface area contributed by atoms with Gasteiger partial charge in [0.15, 0.2) is 5.82 Å². The number of phenolic OH excluding ortho intramolecular Hbond substituents is 1. The fourth-order valence-corrected chi connectivity index (χ4v) is 4.00. The number of carbonyl (C=O) groups is 1. The van der Waals surface area contributed by atoms with E-state index in [1.54, 1.807) is 12.1 Å². The van der Waals surface area contributed by atoms with E-state index in [-0.39, 0.29) is 12.2 Å². The molecule has 4 N–H and O–H groups in total. The number of rotatable bonds is 11. The van der Waals surface area contributed by atoms with E-state index < -0.39 is 5.97 Å². The van der Waals surface area contributed by atoms with Gasteiger partial charge in [0, 0.05) is 38.2 Å². The van der Waals surface area contributed by atoms with Crippen LogP contribution in [-0.2, 0) is 4.79 Å². The van der Waals surface area contributed by atoms with E-state index in [1.165, 1.54) is 19.3 Å². The number of hydrogen-bond donors (Lipinski definition) is 3. The first-order valence-electron chi connectivity index (χ1n) is 11.2. The molecular weight excluding hydrogens is 394 g/mol. The quantitative estimate of drug-likeness (QED) is 0.468. The van der Waals surface area contributed by atoms with Crippen LogP contribution in [-0.4, -0.2) is 64.0 Å². The number of phenols is 1. The Balaban J connectivity index is 1.42. The van der Waals surface area contributed by atoms with E-state index >= 15 is 0 Å². The molecule has 0 atom stereocenters. The smallest absolute Gasteiger partial charge is 0.303 e. The number of nitrogens with two attached hydrogens (primary N) is 1. The van der Waals surface area contributed by atoms with E-state index in [4.69, 9.17) is 10.8 Å². The molecule has 0 radical (unpaired) electrons. The van der Waals surface area contributed by atoms with Gasteiger partial charge in [-0.05, 0) is 37.6 Å². The van der Waals surface area contributed by atoms with Gasteiger partial charge in [-0.1, -0.05) is 37.8 Å². The van der Waals surface area contributed by atoms with Crippen molar-refractivity contribution < 1.29 is 15.0 Å². The van der Waals surface area contributed by atoms with Crippen LogP contribution in [0.1, 0.15) is 44.9 Å². The van der Waals surface area contributed by atoms with Crippen LogP contribution in [0.4, 0.5) is 11.5 Å². The minimum atomic E-state index is -0.696. The highest BCUT2D eigenvalue weighted by molar-refractivity contribution is 5.74. The van der Waals surface area contributed by atoms with Crippen LogP contribution in [0.3, 0.4) is 0 Å². The highest BCUT2D eigenvalue weighted by Gasteiger charge is 2.20. The number of nitrogen functional groups attached to an aromatic ring is 1. The number of piperazine rings is 1. The molecule has 1 aromatic heterocycles. The lowest BCUT2D eigenvalue weighted by Gasteiger charge is -2.36. The van der Waals surface area contributed by atoms with Crippen molar-refractivity contribution in [2.75, 3.05) is 43.4 Å². The Morgan fingerprint density at radius 3 is 2.35 bits per heavy atom. The molecule has 1 fully saturated rings. The molecule has 0 spiro atoms. The Bertz CT molecular complexity index is 853. The molecule has 1 aromatic carbocycles. The van der Waals surface area contributed by atoms with Gasteiger partial charge in [-0.2, -0.15) is 0 Å². The molecule has 0 amide bonds. The van der Waals surface area contributed by atoms with Gasteiger partial charge in [-0.15, -0.1) is 10.2 Å². The normalized spacial score (nSPS) is 14.6. The summed E-state index contributed by atoms with van der Waals surface area (Å²) in [5.74, 6) is -0.104. The van der Waals surface area contributed by atoms with Crippen molar-refractivity contribution in [3.05, 3.63) is 30.3 Å². The number of aromatic hydroxyl groups is 1. The van der Waals surface area contributed by atoms with Crippen LogP contribution < -0.4 is 10.6 Å². The van der Waals surface area contributed by atoms with Gasteiger partial charge in [0.2, 0.25) is 0 Å². The summed E-state index contributed by atoms with van der Waals surface area (Å²) in [4.78, 5) is 15.2. The third-order valence-corrected chi connectivity index (χ3v) is 5.81. The van der Waals surface area contributed by atoms with E-state index in [2.05, 4.69) is 20.0 Å². The van der Waals surface area contributed by atoms with Gasteiger partial charge in [-0.3, -0.25) is 9.69 Å². The molecule has 1 aliphatic heterocycles. The van der Waals surface area contributed by atoms with Gasteiger partial charge in [0.05, 0.1) is 11.4 Å². The molecular formula is C23H33N5O3. The maximum absolute atomic E-state index is 10.5. The monoisotopic (exact) mass is 427 g/mol. The Labute approximate surface area is 183 Å². The molecule has 0 unspecified atom stereocenters. The first-order valence-corrected chi connectivity index (χ1v) is 11.2. The second-order valence-corrected chi connectivity index (χ2v) is 8.11. The predicted octanol–water partition coefficient (Wildman–Crippen LogP) is 3.37. The minimum absolute atomic E-state index is 0.180. The van der Waals surface area contributed by atoms with Crippen LogP contribution >= 0.6 is 0 Å². The SMILES string of the molecule is Nc1nnc(-c2ccccc2O)cc1N1CCN(CCCCCCCCC(=O)O)CC1. The Hall–Kier alpha value is -2.87. The first kappa shape index (κ1) is 22.8. The second kappa shape index (κ2) is 11.5. The molecule has 8 nitrogen and oxygen atoms in total. The fraction of sp³-hybridized carbons (Fsp3) is 0.522. The highest BCUT2D eigenvalue weighted by Crippen LogP contribution is 2.31. The summed E-state index contributed by atoms with van der Waals surface area (Å²) in [6.45, 7) is 4.81. The molecule has 0 saturated carbocycles. The summed E-state index contributed by atoms with van der Waals surface area (Å²) in [5, 5.41) is 27.0. The van der Waals surface area contributed by atoms with Crippen molar-refractivity contribution in [3.8, 4) is 17.0 Å². The Morgan fingerprint density at radius 1 is 0.968 bits per heavy atom. The van der Waals surface area contributed by atoms with Crippen LogP contribution in [0.15, 0.2) is 30.3 Å². The molecule has 8 heteroatoms. The van der Waals surface area contributed by atoms with Gasteiger partial charge in [0.1, 0.15) is 5.75 Å². The lowest BCUT2D eigenvalue weighted by Crippen LogP contribution is -2.46. The van der Waals surface area contributed by atoms with E-state index in [0.29, 0.717) is 17.1 Å². The van der Waals surface area contributed by atoms with E-state index in [0.717, 1.165) is 57.7 Å². The maximum atomic E-state index is 10.5. The number of anilines is 2. The average molecular weight is 428 g/mol. The zero-order valence-corrected chi connectivity index (χ0v) is 18.0. The van der Waals surface area contributed by atoms with Crippen molar-refractivity contribution in [2.24, 2.45) is 0 Å². The fourth-order valence-electron chi connectivity index (χ4n) is 4.00. The summed E-state index contributed by atoms with van der Waals surface area (Å²) < 4.78 is 0. The summed E-state index contributed by atoms with van der Waals surface area (Å²) in [6.07, 6.45) is 6.75. The molecule has 1 saturated heterocycles. The number of para-hydroxylation sites is 1. The number of nitrogens with zero attached hydrogens (tertiary/aromatic N) is 4. The van der Waals surface area contributed by atoms with Crippen LogP contribution in [0.5, 0.6) is 5.75 Å². The average Bonchev–Trinajstić information content (AvgIpc) is 2.77. The van der Waals surface area contributed by atoms with Crippen LogP contribution in [0.25, 0.3) is 11.3 Å². The molecule has 31 heavy (non-hydrogen) atoms. The molecule has 0 bridgehead atoms. The Kier molecular flexibility index (Phi) is 8.46. The van der Waals surface area contributed by atoms with Crippen molar-refractivity contribution in [1.82, 2.24) is 15.1 Å². The van der Waals surface area contributed by atoms with Crippen molar-refractivity contribution >= 4 is 17.5 Å². The topological polar surface area (TPSA) is 116 Å². The molecule has 168 valence electrons. The number of benzene rings is 1. The summed E-state index contributed by atoms with van der Waals surface area (Å²) in [6, 6.07) is 9.02. The zero-order chi connectivity index (χ0) is 22.1. The zero-order valence-electron chi connectivity index (χ0n) is 18.0. The summed E-state index contributed by atoms with van der Waals surface area (Å²) in [5.41, 5.74) is 8.25. The van der Waals surface area contributed by atoms with Crippen molar-refractivity contribution in [2.45, 2.75) is 44.9 Å². The second-order valence-electron chi connectivity index (χ2n) is 8.11. The predicted molar refractivity (Wildman–Crippen MR) is 122 cm³/mol. The molecule has 3 rings (SSSR count). The largest absolute Gasteiger partial charge is 0.507 e. The van der Waals surface area contributed by atoms with E-state index in [1.807, 2.05) is 18.2 Å². The summed E-state index contributed by atoms with van der Waals surface area (Å²) in [7, 11) is 0. The maximum Gasteiger partial charge on any atom is 0.303 e. The Morgan fingerprint density at radius 2 is 1.65 bits per heavy atom. The summed E-state index contributed by atoms with van der Waals surface area (Å²) >= 11 is 0. The number of aliphatic carboxylic acids is 1. The lowest BCUT2D eigenvalue weighted by atomic mass is 10.1. The van der Waals surface area contributed by atoms with Crippen LogP contribution in [0, 0.1) is 0 Å². The molecule has 0 aliphatic carbocycles. The first-order chi connectivity index (χ1) is 15.0. The molecule has 2 heterocycles. The number of hydrogen-bond acceptors (Lipinski definition) is 7. The van der Waals surface area contributed by atoms with Gasteiger partial charge in [0.25, 0.3) is 0 Å². The lowest BCUT2D eigenvalue weighted by molar-refractivity contribution is -0.137. The third-order valence-electron chi connectivity index (χ3n) is 5.81. The molecule has 2 aromatic rings. The van der Waals surface area contributed by atoms with Gasteiger partial charge in [-0.25, -0.2) is 0 Å². The molecule has 1 aliphatic rings. The van der Waals surface area contributed by atoms with Crippen molar-refractivity contribution in [1.29, 1.82) is 0 Å². The van der Waals surface area contributed by atoms with Gasteiger partial charge >= 0.3 is 5.97 Å². The van der Waals surface area contributed by atoms with Gasteiger partial charge < -0.3 is 20.8 Å². The number of carboxylic acid groups (broad SMARTS) is 1. The van der Waals surface area contributed by atoms with Crippen LogP contribution in [0.2, 0.25) is 0 Å². The standard InChI is InChI=1S/C23H33N5O3/c24-23-20(17-19(25-26-23)18-9-6-7-10-21(18)29)28-15-13-27(14-16-28)12-8-4-2-1-3-5-11-22(30)31/h6-7,9-10,17,29H,1-5,8,11-16H2,(H2,24,26)(H,30,31). The minimum Gasteiger partial charge on any atom is -0.507 e. The van der Waals surface area contributed by atoms with Crippen molar-refractivity contribution in [3.63, 3.8) is 0 Å². The highest BCUT2D eigenvalue weighted by atomic mass is 16.4. The number of unbranched alkanes of at least 4 members (excludes halogenated alkanes) is 5.